The molecule has 19 nitrogen and oxygen atoms in total. The molecule has 0 bridgehead atoms. The van der Waals surface area contributed by atoms with Crippen molar-refractivity contribution in [3.05, 3.63) is 48.6 Å². The van der Waals surface area contributed by atoms with Crippen LogP contribution in [-0.4, -0.2) is 193 Å². The van der Waals surface area contributed by atoms with Crippen LogP contribution in [0.5, 0.6) is 0 Å². The molecule has 19 heteroatoms. The summed E-state index contributed by atoms with van der Waals surface area (Å²) in [6.45, 7) is 1.72. The third kappa shape index (κ3) is 33.0. The van der Waals surface area contributed by atoms with Crippen LogP contribution in [0.15, 0.2) is 48.6 Å². The number of rotatable bonds is 53. The number of carbonyl (C=O) groups excluding carboxylic acids is 1. The molecule has 0 aromatic heterocycles. The van der Waals surface area contributed by atoms with Gasteiger partial charge >= 0.3 is 0 Å². The Kier molecular flexibility index (Phi) is 46.5. The summed E-state index contributed by atoms with van der Waals surface area (Å²) < 4.78 is 34.3. The topological polar surface area (TPSA) is 307 Å². The second-order valence-electron chi connectivity index (χ2n) is 25.0. The molecule has 0 aromatic rings. The smallest absolute Gasteiger partial charge is 0.220 e. The van der Waals surface area contributed by atoms with Gasteiger partial charge in [0.1, 0.15) is 73.2 Å². The average Bonchev–Trinajstić information content (AvgIpc) is 3.72. The van der Waals surface area contributed by atoms with Gasteiger partial charge in [-0.15, -0.1) is 0 Å². The molecule has 88 heavy (non-hydrogen) atoms. The van der Waals surface area contributed by atoms with E-state index in [4.69, 9.17) is 28.4 Å². The van der Waals surface area contributed by atoms with Gasteiger partial charge in [0.05, 0.1) is 38.6 Å². The highest BCUT2D eigenvalue weighted by molar-refractivity contribution is 5.76. The van der Waals surface area contributed by atoms with Crippen LogP contribution < -0.4 is 5.32 Å². The van der Waals surface area contributed by atoms with Gasteiger partial charge in [-0.2, -0.15) is 0 Å². The second kappa shape index (κ2) is 51.2. The van der Waals surface area contributed by atoms with Crippen molar-refractivity contribution in [2.75, 3.05) is 26.4 Å². The molecule has 17 atom stereocenters. The van der Waals surface area contributed by atoms with Crippen molar-refractivity contribution in [1.82, 2.24) is 5.32 Å². The molecule has 3 rings (SSSR count). The summed E-state index contributed by atoms with van der Waals surface area (Å²) in [7, 11) is 0. The molecule has 3 aliphatic rings. The Morgan fingerprint density at radius 1 is 0.409 bits per heavy atom. The van der Waals surface area contributed by atoms with Crippen LogP contribution in [-0.2, 0) is 33.2 Å². The monoisotopic (exact) mass is 1260 g/mol. The fraction of sp³-hybridized carbons (Fsp3) is 0.870. The van der Waals surface area contributed by atoms with Gasteiger partial charge in [-0.05, 0) is 64.2 Å². The SMILES string of the molecule is CCCCCCC/C=C\C/C=C\CCCCCCCCCCCC(=O)NC(COC1OC(CO)C(OC2OC(CO)C(OC3OC(CO)C(O)C(O)C3O)C(O)C2O)C(O)C1O)C(O)/C=C/CC/C=C/CCCCCCCCCCCCCCCCCC. The molecule has 0 radical (unpaired) electrons. The average molecular weight is 1260 g/mol. The Balaban J connectivity index is 1.46. The molecule has 1 amide bonds. The lowest BCUT2D eigenvalue weighted by molar-refractivity contribution is -0.379. The Bertz CT molecular complexity index is 1790. The van der Waals surface area contributed by atoms with Crippen LogP contribution in [0.3, 0.4) is 0 Å². The molecule has 0 aliphatic carbocycles. The standard InChI is InChI=1S/C69H125NO18/c1-3-5-7-9-11-13-15-17-19-21-23-25-27-28-30-32-34-36-38-40-42-44-46-53(74)52(70-57(75)47-45-43-41-39-37-35-33-31-29-26-24-22-20-18-16-14-12-10-8-6-4-2)51-83-67-63(81)60(78)65(55(49-72)85-67)88-69-64(82)61(79)66(56(50-73)86-69)87-68-62(80)59(77)58(76)54(48-71)84-68/h16,18,22,24,36,38,44,46,52-56,58-69,71-74,76-82H,3-15,17,19-21,23,25-35,37,39-43,45,47-51H2,1-2H3,(H,70,75)/b18-16-,24-22-,38-36+,46-44+. The zero-order chi connectivity index (χ0) is 64.0. The molecule has 3 fully saturated rings. The number of carbonyl (C=O) groups is 1. The summed E-state index contributed by atoms with van der Waals surface area (Å²) in [6.07, 6.45) is 33.7. The van der Waals surface area contributed by atoms with Gasteiger partial charge in [-0.1, -0.05) is 229 Å². The Labute approximate surface area is 529 Å². The molecule has 3 heterocycles. The van der Waals surface area contributed by atoms with Gasteiger partial charge in [-0.3, -0.25) is 4.79 Å². The lowest BCUT2D eigenvalue weighted by Gasteiger charge is -2.48. The molecule has 3 aliphatic heterocycles. The normalized spacial score (nSPS) is 28.7. The quantitative estimate of drug-likeness (QED) is 0.0200. The zero-order valence-corrected chi connectivity index (χ0v) is 54.2. The van der Waals surface area contributed by atoms with Crippen molar-refractivity contribution in [3.8, 4) is 0 Å². The number of allylic oxidation sites excluding steroid dienone is 7. The predicted molar refractivity (Wildman–Crippen MR) is 342 cm³/mol. The molecular formula is C69H125NO18. The summed E-state index contributed by atoms with van der Waals surface area (Å²) in [5.41, 5.74) is 0. The highest BCUT2D eigenvalue weighted by Crippen LogP contribution is 2.33. The van der Waals surface area contributed by atoms with E-state index in [1.165, 1.54) is 161 Å². The van der Waals surface area contributed by atoms with Gasteiger partial charge in [0.2, 0.25) is 5.91 Å². The van der Waals surface area contributed by atoms with Crippen molar-refractivity contribution in [1.29, 1.82) is 0 Å². The van der Waals surface area contributed by atoms with Crippen LogP contribution in [0, 0.1) is 0 Å². The van der Waals surface area contributed by atoms with Gasteiger partial charge < -0.3 is 89.9 Å². The predicted octanol–water partition coefficient (Wildman–Crippen LogP) is 9.00. The number of nitrogens with one attached hydrogen (secondary N) is 1. The molecular weight excluding hydrogens is 1130 g/mol. The zero-order valence-electron chi connectivity index (χ0n) is 54.2. The lowest BCUT2D eigenvalue weighted by Crippen LogP contribution is -2.66. The highest BCUT2D eigenvalue weighted by atomic mass is 16.8. The third-order valence-electron chi connectivity index (χ3n) is 17.3. The van der Waals surface area contributed by atoms with E-state index < -0.39 is 124 Å². The largest absolute Gasteiger partial charge is 0.394 e. The first-order valence-corrected chi connectivity index (χ1v) is 34.9. The first kappa shape index (κ1) is 80.0. The first-order valence-electron chi connectivity index (χ1n) is 34.9. The van der Waals surface area contributed by atoms with Crippen molar-refractivity contribution < 1.29 is 89.4 Å². The van der Waals surface area contributed by atoms with Crippen LogP contribution in [0.1, 0.15) is 251 Å². The number of hydrogen-bond acceptors (Lipinski definition) is 18. The lowest BCUT2D eigenvalue weighted by atomic mass is 9.96. The van der Waals surface area contributed by atoms with Crippen molar-refractivity contribution >= 4 is 5.91 Å². The minimum absolute atomic E-state index is 0.230. The van der Waals surface area contributed by atoms with E-state index in [2.05, 4.69) is 55.6 Å². The van der Waals surface area contributed by atoms with Crippen LogP contribution in [0.2, 0.25) is 0 Å². The second-order valence-corrected chi connectivity index (χ2v) is 25.0. The van der Waals surface area contributed by atoms with Crippen LogP contribution in [0.4, 0.5) is 0 Å². The molecule has 3 saturated heterocycles. The molecule has 0 aromatic carbocycles. The maximum absolute atomic E-state index is 13.4. The van der Waals surface area contributed by atoms with Crippen LogP contribution >= 0.6 is 0 Å². The molecule has 0 saturated carbocycles. The minimum Gasteiger partial charge on any atom is -0.394 e. The Morgan fingerprint density at radius 3 is 1.20 bits per heavy atom. The molecule has 17 unspecified atom stereocenters. The maximum Gasteiger partial charge on any atom is 0.220 e. The van der Waals surface area contributed by atoms with Gasteiger partial charge in [0.15, 0.2) is 18.9 Å². The summed E-state index contributed by atoms with van der Waals surface area (Å²) in [5.74, 6) is -0.289. The van der Waals surface area contributed by atoms with Gasteiger partial charge in [0, 0.05) is 6.42 Å². The van der Waals surface area contributed by atoms with E-state index in [0.29, 0.717) is 12.8 Å². The highest BCUT2D eigenvalue weighted by Gasteiger charge is 2.53. The molecule has 0 spiro atoms. The van der Waals surface area contributed by atoms with E-state index in [0.717, 1.165) is 57.8 Å². The number of ether oxygens (including phenoxy) is 6. The van der Waals surface area contributed by atoms with Crippen molar-refractivity contribution in [2.24, 2.45) is 0 Å². The van der Waals surface area contributed by atoms with Gasteiger partial charge in [0.25, 0.3) is 0 Å². The fourth-order valence-electron chi connectivity index (χ4n) is 11.6. The first-order chi connectivity index (χ1) is 42.8. The van der Waals surface area contributed by atoms with Crippen molar-refractivity contribution in [3.63, 3.8) is 0 Å². The van der Waals surface area contributed by atoms with Crippen molar-refractivity contribution in [2.45, 2.75) is 356 Å². The summed E-state index contributed by atoms with van der Waals surface area (Å²) in [5, 5.41) is 120. The summed E-state index contributed by atoms with van der Waals surface area (Å²) >= 11 is 0. The maximum atomic E-state index is 13.4. The van der Waals surface area contributed by atoms with Gasteiger partial charge in [-0.25, -0.2) is 0 Å². The third-order valence-corrected chi connectivity index (χ3v) is 17.3. The van der Waals surface area contributed by atoms with E-state index >= 15 is 0 Å². The van der Waals surface area contributed by atoms with E-state index in [9.17, 15) is 61.0 Å². The number of unbranched alkanes of at least 4 members (excludes halogenated alkanes) is 31. The van der Waals surface area contributed by atoms with E-state index in [1.54, 1.807) is 6.08 Å². The number of hydrogen-bond donors (Lipinski definition) is 12. The Hall–Kier alpha value is -2.25. The Morgan fingerprint density at radius 2 is 0.761 bits per heavy atom. The molecule has 514 valence electrons. The number of aliphatic hydroxyl groups is 11. The molecule has 12 N–H and O–H groups in total. The summed E-state index contributed by atoms with van der Waals surface area (Å²) in [4.78, 5) is 13.4. The number of aliphatic hydroxyl groups excluding tert-OH is 11. The van der Waals surface area contributed by atoms with Crippen LogP contribution in [0.25, 0.3) is 0 Å². The summed E-state index contributed by atoms with van der Waals surface area (Å²) in [6, 6.07) is -0.994. The van der Waals surface area contributed by atoms with E-state index in [1.807, 2.05) is 6.08 Å². The van der Waals surface area contributed by atoms with E-state index in [-0.39, 0.29) is 18.9 Å². The number of amides is 1. The fourth-order valence-corrected chi connectivity index (χ4v) is 11.6. The minimum atomic E-state index is -1.98.